The van der Waals surface area contributed by atoms with Gasteiger partial charge < -0.3 is 4.74 Å². The molecule has 7 heteroatoms. The van der Waals surface area contributed by atoms with E-state index in [-0.39, 0.29) is 27.9 Å². The van der Waals surface area contributed by atoms with E-state index in [0.717, 1.165) is 51.2 Å². The van der Waals surface area contributed by atoms with Gasteiger partial charge in [-0.2, -0.15) is 0 Å². The maximum atomic E-state index is 11.5. The summed E-state index contributed by atoms with van der Waals surface area (Å²) in [7, 11) is -13.6. The quantitative estimate of drug-likeness (QED) is 0.0418. The van der Waals surface area contributed by atoms with Crippen LogP contribution in [-0.4, -0.2) is 30.3 Å². The van der Waals surface area contributed by atoms with E-state index in [1.54, 1.807) is 54.7 Å². The molecule has 0 amide bonds. The lowest BCUT2D eigenvalue weighted by Crippen LogP contribution is -2.74. The van der Waals surface area contributed by atoms with Crippen molar-refractivity contribution in [2.75, 3.05) is 0 Å². The van der Waals surface area contributed by atoms with Gasteiger partial charge in [-0.25, -0.2) is 4.98 Å². The van der Waals surface area contributed by atoms with Crippen LogP contribution in [0.1, 0.15) is 131 Å². The maximum Gasteiger partial charge on any atom is 0.269 e. The van der Waals surface area contributed by atoms with Gasteiger partial charge in [0.05, 0.1) is 85.5 Å². The van der Waals surface area contributed by atoms with E-state index in [9.17, 15) is 43.9 Å². The van der Waals surface area contributed by atoms with E-state index in [4.69, 9.17) is 17.9 Å². The summed E-state index contributed by atoms with van der Waals surface area (Å²) in [5, 5.41) is -8.14. The van der Waals surface area contributed by atoms with Crippen molar-refractivity contribution in [3.8, 4) is 62.1 Å². The van der Waals surface area contributed by atoms with Gasteiger partial charge in [0.1, 0.15) is 17.3 Å². The van der Waals surface area contributed by atoms with Crippen LogP contribution in [0.5, 0.6) is 11.5 Å². The summed E-state index contributed by atoms with van der Waals surface area (Å²) < 4.78 is 387. The molecule has 0 aliphatic rings. The van der Waals surface area contributed by atoms with Gasteiger partial charge in [0.25, 0.3) is 6.33 Å². The fourth-order valence-electron chi connectivity index (χ4n) is 14.0. The van der Waals surface area contributed by atoms with Crippen molar-refractivity contribution in [3.63, 3.8) is 0 Å². The van der Waals surface area contributed by atoms with E-state index in [0.29, 0.717) is 28.2 Å². The van der Waals surface area contributed by atoms with Crippen molar-refractivity contribution in [1.82, 2.24) is 14.1 Å². The zero-order valence-corrected chi connectivity index (χ0v) is 62.5. The molecule has 3 aromatic heterocycles. The molecule has 0 radical (unpaired) electrons. The number of para-hydroxylation sites is 2. The number of benzene rings is 14. The predicted molar refractivity (Wildman–Crippen MR) is 462 cm³/mol. The van der Waals surface area contributed by atoms with Crippen LogP contribution in [0.25, 0.3) is 83.4 Å². The van der Waals surface area contributed by atoms with Gasteiger partial charge in [-0.05, 0) is 162 Å². The Balaban J connectivity index is 1.10. The third kappa shape index (κ3) is 12.8. The van der Waals surface area contributed by atoms with Crippen LogP contribution in [0.15, 0.2) is 369 Å². The SMILES string of the molecule is [2H]c1c([2H])c([2H])c([Si](c2c([2H])c([2H])c([2H])c([2H])c2[2H])(c2c([2H])c([2H])c([2H])c([2H])c2[2H])c2c([2H])c([2H])c([2H])c(-c3cccc(-c4c([2H])c([2H])c([2H])c([Si](c5c([2H])c([2H])c([2H])c([2H])c5[2H])(c5c([2H])c([2H])c([2H])c([2H])c5[2H])c5c([2H])c([2H])c([2H])c([2H])c5[2H])c4[2H])c3-[n+]3[c-]n(-c4cccc(Oc5ccc6c7ccccc7n(-c7cc(C(C)(C)C)ccn7)c6c5)c4)c4cc(-c5cc(C(C)(C)C)cc(C(C)(C)C)c5)ccc43)c2[2H])c([2H])c1[2H]. The summed E-state index contributed by atoms with van der Waals surface area (Å²) in [6, 6.07) is -10.7. The molecule has 17 aromatic rings. The second kappa shape index (κ2) is 28.1. The Morgan fingerprint density at radius 3 is 1.31 bits per heavy atom. The number of aromatic nitrogens is 4. The van der Waals surface area contributed by atoms with E-state index in [1.165, 1.54) is 9.13 Å². The minimum atomic E-state index is -6.78. The first-order valence-corrected chi connectivity index (χ1v) is 39.0. The summed E-state index contributed by atoms with van der Waals surface area (Å²) >= 11 is 0. The summed E-state index contributed by atoms with van der Waals surface area (Å²) in [6.07, 6.45) is 5.19. The topological polar surface area (TPSA) is 35.9 Å². The van der Waals surface area contributed by atoms with Gasteiger partial charge in [0.15, 0.2) is 16.1 Å². The molecule has 3 heterocycles. The van der Waals surface area contributed by atoms with Gasteiger partial charge in [0.2, 0.25) is 0 Å². The molecule has 0 fully saturated rings. The smallest absolute Gasteiger partial charge is 0.269 e. The van der Waals surface area contributed by atoms with Crippen molar-refractivity contribution in [3.05, 3.63) is 392 Å². The largest absolute Gasteiger partial charge is 0.458 e. The molecule has 0 aliphatic carbocycles. The van der Waals surface area contributed by atoms with Crippen molar-refractivity contribution in [2.24, 2.45) is 0 Å². The predicted octanol–water partition coefficient (Wildman–Crippen LogP) is 19.6. The van der Waals surface area contributed by atoms with Crippen LogP contribution >= 0.6 is 0 Å². The molecule has 0 atom stereocenters. The lowest BCUT2D eigenvalue weighted by atomic mass is 9.79. The molecule has 17 rings (SSSR count). The van der Waals surface area contributed by atoms with E-state index in [2.05, 4.69) is 33.2 Å². The lowest BCUT2D eigenvalue weighted by Gasteiger charge is -2.35. The number of hydrogen-bond acceptors (Lipinski definition) is 2. The van der Waals surface area contributed by atoms with Crippen LogP contribution in [0.3, 0.4) is 0 Å². The first kappa shape index (κ1) is 39.0. The molecule has 0 aliphatic heterocycles. The van der Waals surface area contributed by atoms with Crippen LogP contribution in [0.2, 0.25) is 0 Å². The highest BCUT2D eigenvalue weighted by molar-refractivity contribution is 7.20. The summed E-state index contributed by atoms with van der Waals surface area (Å²) in [5.74, 6) is 1.08. The highest BCUT2D eigenvalue weighted by Crippen LogP contribution is 2.41. The number of rotatable bonds is 16. The number of pyridine rings is 1. The van der Waals surface area contributed by atoms with Crippen LogP contribution < -0.4 is 50.8 Å². The molecule has 0 saturated heterocycles. The van der Waals surface area contributed by atoms with Gasteiger partial charge in [-0.1, -0.05) is 365 Å². The van der Waals surface area contributed by atoms with Gasteiger partial charge in [-0.3, -0.25) is 13.7 Å². The van der Waals surface area contributed by atoms with Crippen LogP contribution in [-0.2, 0) is 16.2 Å². The Morgan fingerprint density at radius 2 is 0.817 bits per heavy atom. The average Bonchev–Trinajstić information content (AvgIpc) is 1.23. The van der Waals surface area contributed by atoms with Crippen molar-refractivity contribution < 1.29 is 61.4 Å². The zero-order chi connectivity index (χ0) is 108. The van der Waals surface area contributed by atoms with E-state index >= 15 is 0 Å². The van der Waals surface area contributed by atoms with Crippen molar-refractivity contribution in [1.29, 1.82) is 0 Å². The molecule has 0 saturated carbocycles. The van der Waals surface area contributed by atoms with Crippen molar-refractivity contribution >= 4 is 90.5 Å². The summed E-state index contributed by atoms with van der Waals surface area (Å²) in [4.78, 5) is 4.88. The van der Waals surface area contributed by atoms with Crippen molar-refractivity contribution in [2.45, 2.75) is 78.6 Å². The Bertz CT molecular complexity index is 7810. The maximum absolute atomic E-state index is 11.5. The average molecular weight is 1480 g/mol. The molecular weight excluding hydrogens is 1350 g/mol. The zero-order valence-electron chi connectivity index (χ0n) is 98.5. The normalized spacial score (nSPS) is 17.1. The third-order valence-electron chi connectivity index (χ3n) is 19.5. The number of hydrogen-bond donors (Lipinski definition) is 0. The second-order valence-electron chi connectivity index (χ2n) is 29.3. The molecule has 530 valence electrons. The highest BCUT2D eigenvalue weighted by atomic mass is 28.3. The summed E-state index contributed by atoms with van der Waals surface area (Å²) in [5.41, 5.74) is 0.354. The fraction of sp³-hybridized carbons (Fsp3) is 0.118. The number of fused-ring (bicyclic) bond motifs is 4. The van der Waals surface area contributed by atoms with Gasteiger partial charge in [0, 0.05) is 23.0 Å². The number of imidazole rings is 1. The molecule has 0 spiro atoms. The Hall–Kier alpha value is -12.3. The van der Waals surface area contributed by atoms with E-state index in [1.807, 2.05) is 107 Å². The summed E-state index contributed by atoms with van der Waals surface area (Å²) in [6.45, 7) is 18.5. The van der Waals surface area contributed by atoms with Crippen LogP contribution in [0.4, 0.5) is 0 Å². The molecule has 0 bridgehead atoms. The minimum absolute atomic E-state index is 0.0468. The third-order valence-corrected chi connectivity index (χ3v) is 27.5. The molecular formula is C102H88N4OSi2. The van der Waals surface area contributed by atoms with Gasteiger partial charge in [-0.15, -0.1) is 0 Å². The second-order valence-corrected chi connectivity index (χ2v) is 36.3. The molecule has 14 aromatic carbocycles. The number of nitrogens with zero attached hydrogens (tertiary/aromatic N) is 4. The number of ether oxygens (including phenoxy) is 1. The monoisotopic (exact) mass is 1480 g/mol. The lowest BCUT2D eigenvalue weighted by molar-refractivity contribution is -0.571. The van der Waals surface area contributed by atoms with Gasteiger partial charge >= 0.3 is 0 Å². The molecule has 5 nitrogen and oxygen atoms in total. The molecule has 109 heavy (non-hydrogen) atoms. The first-order chi connectivity index (χ1) is 68.7. The highest BCUT2D eigenvalue weighted by Gasteiger charge is 2.43. The Labute approximate surface area is 696 Å². The minimum Gasteiger partial charge on any atom is -0.458 e. The molecule has 0 N–H and O–H groups in total. The van der Waals surface area contributed by atoms with E-state index < -0.39 is 326 Å². The standard InChI is InChI=1S/C102H88N4OSi2/c1-100(2,3)76-60-61-103-98(68-76)106-94-55-29-28-52-92(94)93-58-57-81(70-96(93)106)107-80-37-32-36-79(69-80)104-71-105(95-59-56-72(66-97(95)104)75-62-77(101(4,5)6)67-78(63-75)102(7,8)9)99-90(73-34-30-50-88(64-73)108(82-38-16-10-17-39-82,83-40-18-11-19-41-83)84-42-20-12-21-43-84)53-33-54-91(99)74-35-31-51-89(65-74)109(85-44-22-13-23-45-85,86-46-24-14-25-47-86)87-48-26-15-27-49-87/h10-70H,1-9H3/i10D,11D,12D,13D,14D,15D,16D,17D,18D,19D,20D,21D,22D,23D,24D,25D,26D,27D,30D,31D,34D,35D,38D,39D,40D,41D,42D,43D,44D,45D,46D,47D,48D,49D,50D,51D,64D,65D. The van der Waals surface area contributed by atoms with Crippen LogP contribution in [0, 0.1) is 6.33 Å². The first-order valence-electron chi connectivity index (χ1n) is 54.0. The Morgan fingerprint density at radius 1 is 0.358 bits per heavy atom. The Kier molecular flexibility index (Phi) is 10.1. The fourth-order valence-corrected chi connectivity index (χ4v) is 21.2. The molecule has 0 unspecified atom stereocenters.